The van der Waals surface area contributed by atoms with Gasteiger partial charge in [-0.25, -0.2) is 0 Å². The van der Waals surface area contributed by atoms with Gasteiger partial charge in [-0.1, -0.05) is 6.42 Å². The number of methoxy groups -OCH3 is 2. The topological polar surface area (TPSA) is 73.6 Å². The fraction of sp³-hybridized carbons (Fsp3) is 0.632. The Kier molecular flexibility index (Phi) is 4.99. The largest absolute Gasteiger partial charge is 0.496 e. The number of rotatable bonds is 4. The Bertz CT molecular complexity index is 578. The van der Waals surface area contributed by atoms with E-state index in [4.69, 9.17) is 15.2 Å². The van der Waals surface area contributed by atoms with Crippen LogP contribution in [-0.4, -0.2) is 32.2 Å². The van der Waals surface area contributed by atoms with Crippen molar-refractivity contribution in [3.63, 3.8) is 0 Å². The van der Waals surface area contributed by atoms with E-state index in [9.17, 15) is 4.79 Å². The lowest BCUT2D eigenvalue weighted by Crippen LogP contribution is -2.53. The summed E-state index contributed by atoms with van der Waals surface area (Å²) < 4.78 is 10.8. The summed E-state index contributed by atoms with van der Waals surface area (Å²) >= 11 is 0. The van der Waals surface area contributed by atoms with Crippen LogP contribution in [0.25, 0.3) is 0 Å². The SMILES string of the molecule is COc1cc(C(=O)NC2C3CCCC2CC(N)C3)cc(OC)c1C. The molecule has 2 aliphatic carbocycles. The predicted octanol–water partition coefficient (Wildman–Crippen LogP) is 2.65. The van der Waals surface area contributed by atoms with Crippen LogP contribution in [0.2, 0.25) is 0 Å². The third-order valence-electron chi connectivity index (χ3n) is 5.69. The van der Waals surface area contributed by atoms with Crippen LogP contribution in [0.4, 0.5) is 0 Å². The van der Waals surface area contributed by atoms with Crippen LogP contribution >= 0.6 is 0 Å². The van der Waals surface area contributed by atoms with Crippen molar-refractivity contribution >= 4 is 5.91 Å². The van der Waals surface area contributed by atoms with Gasteiger partial charge in [0.1, 0.15) is 11.5 Å². The molecule has 1 amide bonds. The highest BCUT2D eigenvalue weighted by atomic mass is 16.5. The molecule has 132 valence electrons. The van der Waals surface area contributed by atoms with Crippen molar-refractivity contribution in [1.29, 1.82) is 0 Å². The lowest BCUT2D eigenvalue weighted by molar-refractivity contribution is 0.0755. The maximum Gasteiger partial charge on any atom is 0.251 e. The van der Waals surface area contributed by atoms with Gasteiger partial charge in [0.25, 0.3) is 5.91 Å². The van der Waals surface area contributed by atoms with Gasteiger partial charge in [-0.15, -0.1) is 0 Å². The molecular weight excluding hydrogens is 304 g/mol. The Balaban J connectivity index is 1.80. The molecule has 2 fully saturated rings. The third kappa shape index (κ3) is 3.22. The van der Waals surface area contributed by atoms with Gasteiger partial charge in [-0.3, -0.25) is 4.79 Å². The average Bonchev–Trinajstić information content (AvgIpc) is 2.55. The molecule has 3 rings (SSSR count). The second-order valence-corrected chi connectivity index (χ2v) is 7.19. The van der Waals surface area contributed by atoms with E-state index < -0.39 is 0 Å². The molecule has 0 aliphatic heterocycles. The zero-order valence-electron chi connectivity index (χ0n) is 14.8. The number of nitrogens with two attached hydrogens (primary N) is 1. The standard InChI is InChI=1S/C19H28N2O3/c1-11-16(23-2)9-14(10-17(11)24-3)19(22)21-18-12-5-4-6-13(18)8-15(20)7-12/h9-10,12-13,15,18H,4-8,20H2,1-3H3,(H,21,22). The second kappa shape index (κ2) is 7.01. The molecule has 2 unspecified atom stereocenters. The van der Waals surface area contributed by atoms with E-state index >= 15 is 0 Å². The molecule has 2 saturated carbocycles. The molecule has 0 saturated heterocycles. The normalized spacial score (nSPS) is 29.0. The van der Waals surface area contributed by atoms with Gasteiger partial charge in [0.05, 0.1) is 14.2 Å². The van der Waals surface area contributed by atoms with Crippen molar-refractivity contribution in [2.75, 3.05) is 14.2 Å². The quantitative estimate of drug-likeness (QED) is 0.889. The van der Waals surface area contributed by atoms with E-state index in [2.05, 4.69) is 5.32 Å². The maximum absolute atomic E-state index is 12.8. The van der Waals surface area contributed by atoms with Gasteiger partial charge < -0.3 is 20.5 Å². The summed E-state index contributed by atoms with van der Waals surface area (Å²) in [4.78, 5) is 12.8. The van der Waals surface area contributed by atoms with E-state index in [-0.39, 0.29) is 18.0 Å². The number of hydrogen-bond acceptors (Lipinski definition) is 4. The first-order chi connectivity index (χ1) is 11.5. The fourth-order valence-electron chi connectivity index (χ4n) is 4.48. The number of ether oxygens (including phenoxy) is 2. The zero-order valence-corrected chi connectivity index (χ0v) is 14.8. The van der Waals surface area contributed by atoms with Gasteiger partial charge in [0.2, 0.25) is 0 Å². The Morgan fingerprint density at radius 1 is 1.12 bits per heavy atom. The minimum Gasteiger partial charge on any atom is -0.496 e. The molecule has 1 aromatic carbocycles. The molecule has 5 nitrogen and oxygen atoms in total. The monoisotopic (exact) mass is 332 g/mol. The van der Waals surface area contributed by atoms with Crippen LogP contribution < -0.4 is 20.5 Å². The molecule has 24 heavy (non-hydrogen) atoms. The average molecular weight is 332 g/mol. The van der Waals surface area contributed by atoms with E-state index in [1.807, 2.05) is 6.92 Å². The van der Waals surface area contributed by atoms with E-state index in [1.165, 1.54) is 6.42 Å². The number of fused-ring (bicyclic) bond motifs is 2. The number of carbonyl (C=O) groups excluding carboxylic acids is 1. The highest BCUT2D eigenvalue weighted by Crippen LogP contribution is 2.40. The Morgan fingerprint density at radius 2 is 1.67 bits per heavy atom. The molecule has 1 aromatic rings. The summed E-state index contributed by atoms with van der Waals surface area (Å²) in [7, 11) is 3.22. The third-order valence-corrected chi connectivity index (χ3v) is 5.69. The van der Waals surface area contributed by atoms with Crippen LogP contribution in [0.3, 0.4) is 0 Å². The van der Waals surface area contributed by atoms with Crippen molar-refractivity contribution in [2.45, 2.75) is 51.1 Å². The number of hydrogen-bond donors (Lipinski definition) is 2. The molecule has 3 N–H and O–H groups in total. The highest BCUT2D eigenvalue weighted by molar-refractivity contribution is 5.95. The highest BCUT2D eigenvalue weighted by Gasteiger charge is 2.40. The Hall–Kier alpha value is -1.75. The van der Waals surface area contributed by atoms with Gasteiger partial charge in [-0.05, 0) is 56.6 Å². The molecule has 2 bridgehead atoms. The van der Waals surface area contributed by atoms with Crippen LogP contribution in [-0.2, 0) is 0 Å². The van der Waals surface area contributed by atoms with Gasteiger partial charge in [0, 0.05) is 23.2 Å². The van der Waals surface area contributed by atoms with Gasteiger partial charge in [-0.2, -0.15) is 0 Å². The first kappa shape index (κ1) is 17.1. The molecule has 2 atom stereocenters. The lowest BCUT2D eigenvalue weighted by Gasteiger charge is -2.45. The van der Waals surface area contributed by atoms with Crippen molar-refractivity contribution in [2.24, 2.45) is 17.6 Å². The van der Waals surface area contributed by atoms with Crippen LogP contribution in [0, 0.1) is 18.8 Å². The van der Waals surface area contributed by atoms with Crippen molar-refractivity contribution in [1.82, 2.24) is 5.32 Å². The number of nitrogens with one attached hydrogen (secondary N) is 1. The Morgan fingerprint density at radius 3 is 2.17 bits per heavy atom. The minimum atomic E-state index is -0.0519. The molecule has 2 aliphatic rings. The van der Waals surface area contributed by atoms with Gasteiger partial charge in [0.15, 0.2) is 0 Å². The Labute approximate surface area is 143 Å². The number of carbonyl (C=O) groups is 1. The molecule has 0 spiro atoms. The van der Waals surface area contributed by atoms with Crippen molar-refractivity contribution < 1.29 is 14.3 Å². The van der Waals surface area contributed by atoms with E-state index in [0.717, 1.165) is 31.2 Å². The summed E-state index contributed by atoms with van der Waals surface area (Å²) in [6, 6.07) is 4.10. The second-order valence-electron chi connectivity index (χ2n) is 7.19. The van der Waals surface area contributed by atoms with E-state index in [1.54, 1.807) is 26.4 Å². The summed E-state index contributed by atoms with van der Waals surface area (Å²) in [5, 5.41) is 3.27. The van der Waals surface area contributed by atoms with Crippen LogP contribution in [0.1, 0.15) is 48.0 Å². The summed E-state index contributed by atoms with van der Waals surface area (Å²) in [6.07, 6.45) is 5.61. The number of benzene rings is 1. The van der Waals surface area contributed by atoms with Crippen LogP contribution in [0.5, 0.6) is 11.5 Å². The summed E-state index contributed by atoms with van der Waals surface area (Å²) in [5.74, 6) is 2.30. The maximum atomic E-state index is 12.8. The molecule has 0 heterocycles. The first-order valence-corrected chi connectivity index (χ1v) is 8.82. The zero-order chi connectivity index (χ0) is 17.3. The van der Waals surface area contributed by atoms with Crippen LogP contribution in [0.15, 0.2) is 12.1 Å². The van der Waals surface area contributed by atoms with E-state index in [0.29, 0.717) is 28.9 Å². The molecule has 5 heteroatoms. The molecule has 0 radical (unpaired) electrons. The summed E-state index contributed by atoms with van der Waals surface area (Å²) in [5.41, 5.74) is 7.66. The lowest BCUT2D eigenvalue weighted by atomic mass is 9.67. The molecule has 0 aromatic heterocycles. The summed E-state index contributed by atoms with van der Waals surface area (Å²) in [6.45, 7) is 1.92. The van der Waals surface area contributed by atoms with Gasteiger partial charge >= 0.3 is 0 Å². The molecular formula is C19H28N2O3. The number of amides is 1. The predicted molar refractivity (Wildman–Crippen MR) is 93.6 cm³/mol. The fourth-order valence-corrected chi connectivity index (χ4v) is 4.48. The van der Waals surface area contributed by atoms with Crippen molar-refractivity contribution in [3.05, 3.63) is 23.3 Å². The first-order valence-electron chi connectivity index (χ1n) is 8.82. The minimum absolute atomic E-state index is 0.0519. The van der Waals surface area contributed by atoms with Crippen molar-refractivity contribution in [3.8, 4) is 11.5 Å². The smallest absolute Gasteiger partial charge is 0.251 e.